The van der Waals surface area contributed by atoms with Crippen LogP contribution in [0.1, 0.15) is 13.8 Å². The monoisotopic (exact) mass is 300 g/mol. The van der Waals surface area contributed by atoms with Crippen molar-refractivity contribution in [2.24, 2.45) is 11.7 Å². The zero-order chi connectivity index (χ0) is 16.3. The second-order valence-electron chi connectivity index (χ2n) is 4.57. The molecule has 0 bridgehead atoms. The van der Waals surface area contributed by atoms with Crippen LogP contribution in [0.3, 0.4) is 0 Å². The van der Waals surface area contributed by atoms with Crippen LogP contribution in [-0.2, 0) is 4.79 Å². The summed E-state index contributed by atoms with van der Waals surface area (Å²) in [6, 6.07) is 0.672. The molecule has 0 saturated carbocycles. The maximum absolute atomic E-state index is 13.8. The average molecular weight is 300 g/mol. The number of carbonyl (C=O) groups is 1. The van der Waals surface area contributed by atoms with Crippen LogP contribution in [0.5, 0.6) is 0 Å². The molecule has 1 aromatic carbocycles. The van der Waals surface area contributed by atoms with Gasteiger partial charge in [-0.15, -0.1) is 0 Å². The van der Waals surface area contributed by atoms with Crippen LogP contribution in [0.4, 0.5) is 21.5 Å². The van der Waals surface area contributed by atoms with Gasteiger partial charge in [0.05, 0.1) is 15.9 Å². The molecule has 0 spiro atoms. The van der Waals surface area contributed by atoms with E-state index in [1.807, 2.05) is 0 Å². The van der Waals surface area contributed by atoms with Crippen molar-refractivity contribution in [2.75, 3.05) is 5.32 Å². The Balaban J connectivity index is 3.26. The topological polar surface area (TPSA) is 141 Å². The molecule has 1 rings (SSSR count). The minimum atomic E-state index is -1.62. The number of nitro groups is 2. The number of nitrogens with two attached hydrogens (primary N) is 1. The standard InChI is InChI=1S/C11H13FN4O5/c1-5(2)9(13)11(17)14-6-3-4-7(15(18)19)8(12)10(6)16(20)21/h3-5,9H,13H2,1-2H3,(H,14,17)/t9-/m0/s1. The Morgan fingerprint density at radius 1 is 1.29 bits per heavy atom. The van der Waals surface area contributed by atoms with Crippen molar-refractivity contribution in [1.29, 1.82) is 0 Å². The maximum atomic E-state index is 13.8. The van der Waals surface area contributed by atoms with Crippen molar-refractivity contribution in [3.63, 3.8) is 0 Å². The van der Waals surface area contributed by atoms with Crippen molar-refractivity contribution < 1.29 is 19.0 Å². The molecule has 0 aliphatic carbocycles. The quantitative estimate of drug-likeness (QED) is 0.624. The van der Waals surface area contributed by atoms with Gasteiger partial charge in [0.1, 0.15) is 5.69 Å². The second-order valence-corrected chi connectivity index (χ2v) is 4.57. The molecule has 9 nitrogen and oxygen atoms in total. The molecule has 0 heterocycles. The van der Waals surface area contributed by atoms with Crippen LogP contribution in [0, 0.1) is 32.0 Å². The number of benzene rings is 1. The Bertz CT molecular complexity index is 605. The highest BCUT2D eigenvalue weighted by Gasteiger charge is 2.31. The largest absolute Gasteiger partial charge is 0.335 e. The van der Waals surface area contributed by atoms with Gasteiger partial charge in [-0.2, -0.15) is 4.39 Å². The van der Waals surface area contributed by atoms with Gasteiger partial charge in [0.25, 0.3) is 5.82 Å². The van der Waals surface area contributed by atoms with Crippen LogP contribution >= 0.6 is 0 Å². The number of hydrogen-bond acceptors (Lipinski definition) is 6. The fourth-order valence-electron chi connectivity index (χ4n) is 1.49. The number of nitrogens with one attached hydrogen (secondary N) is 1. The third-order valence-corrected chi connectivity index (χ3v) is 2.75. The summed E-state index contributed by atoms with van der Waals surface area (Å²) in [4.78, 5) is 30.9. The Morgan fingerprint density at radius 3 is 2.29 bits per heavy atom. The van der Waals surface area contributed by atoms with Crippen LogP contribution < -0.4 is 11.1 Å². The lowest BCUT2D eigenvalue weighted by Gasteiger charge is -2.15. The van der Waals surface area contributed by atoms with E-state index in [0.29, 0.717) is 0 Å². The molecule has 0 radical (unpaired) electrons. The van der Waals surface area contributed by atoms with E-state index in [0.717, 1.165) is 12.1 Å². The van der Waals surface area contributed by atoms with Crippen LogP contribution in [0.25, 0.3) is 0 Å². The molecule has 0 aromatic heterocycles. The van der Waals surface area contributed by atoms with Gasteiger partial charge in [-0.25, -0.2) is 0 Å². The van der Waals surface area contributed by atoms with E-state index in [1.54, 1.807) is 13.8 Å². The SMILES string of the molecule is CC(C)[C@H](N)C(=O)Nc1ccc([N+](=O)[O-])c(F)c1[N+](=O)[O-]. The van der Waals surface area contributed by atoms with Gasteiger partial charge in [-0.05, 0) is 12.0 Å². The van der Waals surface area contributed by atoms with Crippen molar-refractivity contribution in [1.82, 2.24) is 0 Å². The lowest BCUT2D eigenvalue weighted by atomic mass is 10.0. The summed E-state index contributed by atoms with van der Waals surface area (Å²) in [6.45, 7) is 3.32. The van der Waals surface area contributed by atoms with Crippen molar-refractivity contribution in [3.05, 3.63) is 38.2 Å². The first kappa shape index (κ1) is 16.4. The Labute approximate surface area is 118 Å². The van der Waals surface area contributed by atoms with Gasteiger partial charge in [-0.3, -0.25) is 25.0 Å². The van der Waals surface area contributed by atoms with Gasteiger partial charge in [0.2, 0.25) is 5.91 Å². The molecule has 0 fully saturated rings. The molecule has 0 aliphatic rings. The Morgan fingerprint density at radius 2 is 1.86 bits per heavy atom. The van der Waals surface area contributed by atoms with Crippen LogP contribution in [0.2, 0.25) is 0 Å². The predicted molar refractivity (Wildman–Crippen MR) is 71.2 cm³/mol. The Hall–Kier alpha value is -2.62. The molecule has 0 unspecified atom stereocenters. The summed E-state index contributed by atoms with van der Waals surface area (Å²) in [5, 5.41) is 23.5. The van der Waals surface area contributed by atoms with E-state index in [1.165, 1.54) is 0 Å². The first-order valence-corrected chi connectivity index (χ1v) is 5.84. The van der Waals surface area contributed by atoms with Gasteiger partial charge >= 0.3 is 11.4 Å². The van der Waals surface area contributed by atoms with Crippen LogP contribution in [-0.4, -0.2) is 21.8 Å². The molecular formula is C11H13FN4O5. The molecule has 10 heteroatoms. The van der Waals surface area contributed by atoms with Crippen molar-refractivity contribution in [2.45, 2.75) is 19.9 Å². The molecule has 1 aromatic rings. The summed E-state index contributed by atoms with van der Waals surface area (Å²) in [5.41, 5.74) is 2.86. The van der Waals surface area contributed by atoms with E-state index >= 15 is 0 Å². The number of carbonyl (C=O) groups excluding carboxylic acids is 1. The summed E-state index contributed by atoms with van der Waals surface area (Å²) in [7, 11) is 0. The molecular weight excluding hydrogens is 287 g/mol. The lowest BCUT2D eigenvalue weighted by molar-refractivity contribution is -0.398. The number of anilines is 1. The van der Waals surface area contributed by atoms with Gasteiger partial charge in [-0.1, -0.05) is 13.8 Å². The third kappa shape index (κ3) is 3.48. The normalized spacial score (nSPS) is 12.0. The number of nitrogens with zero attached hydrogens (tertiary/aromatic N) is 2. The molecule has 0 aliphatic heterocycles. The van der Waals surface area contributed by atoms with Gasteiger partial charge < -0.3 is 11.1 Å². The van der Waals surface area contributed by atoms with E-state index in [9.17, 15) is 29.4 Å². The molecule has 3 N–H and O–H groups in total. The van der Waals surface area contributed by atoms with Crippen LogP contribution in [0.15, 0.2) is 12.1 Å². The highest BCUT2D eigenvalue weighted by Crippen LogP contribution is 2.33. The minimum Gasteiger partial charge on any atom is -0.320 e. The average Bonchev–Trinajstić information content (AvgIpc) is 2.36. The van der Waals surface area contributed by atoms with E-state index in [2.05, 4.69) is 5.32 Å². The summed E-state index contributed by atoms with van der Waals surface area (Å²) in [6.07, 6.45) is 0. The fraction of sp³-hybridized carbons (Fsp3) is 0.364. The smallest absolute Gasteiger partial charge is 0.320 e. The van der Waals surface area contributed by atoms with Crippen molar-refractivity contribution >= 4 is 23.0 Å². The number of nitro benzene ring substituents is 2. The first-order valence-electron chi connectivity index (χ1n) is 5.84. The Kier molecular flexibility index (Phi) is 4.87. The summed E-state index contributed by atoms with van der Waals surface area (Å²) >= 11 is 0. The number of amides is 1. The lowest BCUT2D eigenvalue weighted by Crippen LogP contribution is -2.39. The summed E-state index contributed by atoms with van der Waals surface area (Å²) in [5.74, 6) is -2.62. The predicted octanol–water partition coefficient (Wildman–Crippen LogP) is 1.56. The number of rotatable bonds is 5. The zero-order valence-corrected chi connectivity index (χ0v) is 11.2. The van der Waals surface area contributed by atoms with Crippen molar-refractivity contribution in [3.8, 4) is 0 Å². The highest BCUT2D eigenvalue weighted by atomic mass is 19.1. The minimum absolute atomic E-state index is 0.244. The summed E-state index contributed by atoms with van der Waals surface area (Å²) < 4.78 is 13.8. The van der Waals surface area contributed by atoms with E-state index in [4.69, 9.17) is 5.73 Å². The molecule has 0 saturated heterocycles. The molecule has 1 amide bonds. The van der Waals surface area contributed by atoms with Gasteiger partial charge in [0.15, 0.2) is 0 Å². The second kappa shape index (κ2) is 6.22. The molecule has 1 atom stereocenters. The molecule has 114 valence electrons. The first-order chi connectivity index (χ1) is 9.66. The number of hydrogen-bond donors (Lipinski definition) is 2. The maximum Gasteiger partial charge on any atom is 0.335 e. The number of halogens is 1. The van der Waals surface area contributed by atoms with E-state index in [-0.39, 0.29) is 5.92 Å². The highest BCUT2D eigenvalue weighted by molar-refractivity contribution is 5.97. The zero-order valence-electron chi connectivity index (χ0n) is 11.2. The van der Waals surface area contributed by atoms with E-state index < -0.39 is 44.7 Å². The van der Waals surface area contributed by atoms with Gasteiger partial charge in [0, 0.05) is 6.07 Å². The third-order valence-electron chi connectivity index (χ3n) is 2.75. The fourth-order valence-corrected chi connectivity index (χ4v) is 1.49. The molecule has 21 heavy (non-hydrogen) atoms.